The zero-order chi connectivity index (χ0) is 19.0. The molecule has 0 bridgehead atoms. The van der Waals surface area contributed by atoms with E-state index < -0.39 is 17.0 Å². The first kappa shape index (κ1) is 36.5. The highest BCUT2D eigenvalue weighted by atomic mass is 17.1. The maximum atomic E-state index is 10.5. The van der Waals surface area contributed by atoms with Crippen LogP contribution < -0.4 is 5.73 Å². The highest BCUT2D eigenvalue weighted by molar-refractivity contribution is 6.06. The lowest BCUT2D eigenvalue weighted by atomic mass is 9.95. The van der Waals surface area contributed by atoms with Gasteiger partial charge in [-0.15, -0.1) is 0 Å². The second kappa shape index (κ2) is 15.7. The van der Waals surface area contributed by atoms with Crippen molar-refractivity contribution in [2.75, 3.05) is 13.2 Å². The molecule has 0 atom stereocenters. The van der Waals surface area contributed by atoms with Crippen LogP contribution in [0.1, 0.15) is 40.5 Å². The molecule has 0 heterocycles. The number of hydrogen-bond donors (Lipinski definition) is 5. The number of carbonyl (C=O) groups is 1. The second-order valence-electron chi connectivity index (χ2n) is 6.26. The summed E-state index contributed by atoms with van der Waals surface area (Å²) in [5.74, 6) is -0.814. The smallest absolute Gasteiger partial charge is 0.305 e. The molecule has 0 aromatic rings. The van der Waals surface area contributed by atoms with Gasteiger partial charge in [-0.3, -0.25) is 15.0 Å². The summed E-state index contributed by atoms with van der Waals surface area (Å²) in [6, 6.07) is 0. The molecule has 14 N–H and O–H groups in total. The highest BCUT2D eigenvalue weighted by Crippen LogP contribution is 2.19. The Labute approximate surface area is 162 Å². The van der Waals surface area contributed by atoms with Crippen LogP contribution >= 0.6 is 0 Å². The number of hydrogen-bond acceptors (Lipinski definition) is 8. The summed E-state index contributed by atoms with van der Waals surface area (Å²) in [5, 5.41) is 40.7. The number of carboxylic acid groups (broad SMARTS) is 1. The Morgan fingerprint density at radius 3 is 1.93 bits per heavy atom. The van der Waals surface area contributed by atoms with Crippen molar-refractivity contribution in [3.8, 4) is 0 Å². The molecule has 0 aromatic carbocycles. The van der Waals surface area contributed by atoms with E-state index in [1.165, 1.54) is 0 Å². The van der Waals surface area contributed by atoms with E-state index in [0.717, 1.165) is 0 Å². The maximum absolute atomic E-state index is 10.5. The summed E-state index contributed by atoms with van der Waals surface area (Å²) in [6.07, 6.45) is -0.131. The molecule has 0 aliphatic heterocycles. The van der Waals surface area contributed by atoms with Gasteiger partial charge in [0.15, 0.2) is 0 Å². The SMILES string of the molecule is CC(C)(N=NC(C)(C)C(N)=NCCC(=O)O)C(=N)CC(=N)COO.O.O.O.O. The first-order chi connectivity index (χ1) is 10.9. The van der Waals surface area contributed by atoms with Gasteiger partial charge >= 0.3 is 5.97 Å². The molecule has 28 heavy (non-hydrogen) atoms. The Kier molecular flexibility index (Phi) is 20.5. The number of amidine groups is 1. The molecule has 0 aliphatic carbocycles. The van der Waals surface area contributed by atoms with Crippen molar-refractivity contribution in [2.45, 2.75) is 51.6 Å². The summed E-state index contributed by atoms with van der Waals surface area (Å²) in [7, 11) is 0. The second-order valence-corrected chi connectivity index (χ2v) is 6.26. The number of azo groups is 1. The Morgan fingerprint density at radius 2 is 1.50 bits per heavy atom. The normalized spacial score (nSPS) is 11.4. The van der Waals surface area contributed by atoms with E-state index in [9.17, 15) is 4.79 Å². The molecule has 0 aromatic heterocycles. The van der Waals surface area contributed by atoms with Gasteiger partial charge in [0, 0.05) is 17.8 Å². The number of rotatable bonds is 11. The van der Waals surface area contributed by atoms with Gasteiger partial charge < -0.3 is 43.6 Å². The third-order valence-corrected chi connectivity index (χ3v) is 3.15. The fourth-order valence-electron chi connectivity index (χ4n) is 1.39. The number of aliphatic carboxylic acids is 1. The molecule has 0 radical (unpaired) electrons. The van der Waals surface area contributed by atoms with Gasteiger partial charge in [-0.05, 0) is 27.7 Å². The van der Waals surface area contributed by atoms with Gasteiger partial charge in [0.2, 0.25) is 0 Å². The molecule has 14 nitrogen and oxygen atoms in total. The zero-order valence-electron chi connectivity index (χ0n) is 16.5. The molecule has 0 rings (SSSR count). The molecular formula is C14H34N6O8. The third kappa shape index (κ3) is 13.8. The van der Waals surface area contributed by atoms with Crippen LogP contribution in [0.2, 0.25) is 0 Å². The van der Waals surface area contributed by atoms with Gasteiger partial charge in [-0.2, -0.15) is 10.2 Å². The van der Waals surface area contributed by atoms with Crippen LogP contribution in [0, 0.1) is 10.8 Å². The molecule has 0 unspecified atom stereocenters. The fourth-order valence-corrected chi connectivity index (χ4v) is 1.39. The van der Waals surface area contributed by atoms with Crippen LogP contribution in [0.5, 0.6) is 0 Å². The lowest BCUT2D eigenvalue weighted by Crippen LogP contribution is -2.38. The highest BCUT2D eigenvalue weighted by Gasteiger charge is 2.28. The van der Waals surface area contributed by atoms with Gasteiger partial charge in [0.25, 0.3) is 0 Å². The molecule has 0 spiro atoms. The van der Waals surface area contributed by atoms with Crippen molar-refractivity contribution in [3.63, 3.8) is 0 Å². The Hall–Kier alpha value is -2.36. The third-order valence-electron chi connectivity index (χ3n) is 3.15. The van der Waals surface area contributed by atoms with E-state index in [-0.39, 0.29) is 65.2 Å². The maximum Gasteiger partial charge on any atom is 0.305 e. The van der Waals surface area contributed by atoms with Crippen LogP contribution in [0.15, 0.2) is 15.2 Å². The number of carboxylic acids is 1. The Bertz CT molecular complexity index is 548. The monoisotopic (exact) mass is 414 g/mol. The lowest BCUT2D eigenvalue weighted by molar-refractivity contribution is -0.227. The van der Waals surface area contributed by atoms with E-state index in [4.69, 9.17) is 26.9 Å². The van der Waals surface area contributed by atoms with Crippen LogP contribution in [-0.4, -0.2) is 79.7 Å². The van der Waals surface area contributed by atoms with Crippen LogP contribution in [0.3, 0.4) is 0 Å². The first-order valence-electron chi connectivity index (χ1n) is 7.29. The topological polar surface area (TPSA) is 304 Å². The van der Waals surface area contributed by atoms with Gasteiger partial charge in [0.1, 0.15) is 23.5 Å². The summed E-state index contributed by atoms with van der Waals surface area (Å²) < 4.78 is 0. The molecule has 0 saturated heterocycles. The summed E-state index contributed by atoms with van der Waals surface area (Å²) in [4.78, 5) is 18.3. The van der Waals surface area contributed by atoms with Crippen LogP contribution in [0.4, 0.5) is 0 Å². The average molecular weight is 414 g/mol. The molecule has 168 valence electrons. The van der Waals surface area contributed by atoms with Crippen molar-refractivity contribution >= 4 is 23.2 Å². The van der Waals surface area contributed by atoms with Crippen molar-refractivity contribution in [1.29, 1.82) is 10.8 Å². The number of nitrogens with two attached hydrogens (primary N) is 1. The molecule has 0 saturated carbocycles. The molecule has 14 heteroatoms. The summed E-state index contributed by atoms with van der Waals surface area (Å²) in [6.45, 7) is 6.47. The minimum atomic E-state index is -0.972. The number of aliphatic imine (C=N–C) groups is 1. The Morgan fingerprint density at radius 1 is 1.04 bits per heavy atom. The van der Waals surface area contributed by atoms with Gasteiger partial charge in [-0.1, -0.05) is 0 Å². The first-order valence-corrected chi connectivity index (χ1v) is 7.29. The minimum absolute atomic E-state index is 0. The Balaban J connectivity index is -0.000000441. The minimum Gasteiger partial charge on any atom is -0.481 e. The van der Waals surface area contributed by atoms with E-state index in [0.29, 0.717) is 0 Å². The fraction of sp³-hybridized carbons (Fsp3) is 0.714. The average Bonchev–Trinajstić information content (AvgIpc) is 2.45. The number of nitrogens with one attached hydrogen (secondary N) is 2. The van der Waals surface area contributed by atoms with Crippen molar-refractivity contribution in [3.05, 3.63) is 0 Å². The molecule has 0 amide bonds. The molecule has 0 aliphatic rings. The zero-order valence-corrected chi connectivity index (χ0v) is 16.5. The van der Waals surface area contributed by atoms with Crippen molar-refractivity contribution < 1.29 is 42.0 Å². The predicted octanol–water partition coefficient (Wildman–Crippen LogP) is -1.55. The van der Waals surface area contributed by atoms with Crippen molar-refractivity contribution in [2.24, 2.45) is 21.0 Å². The van der Waals surface area contributed by atoms with Crippen LogP contribution in [-0.2, 0) is 9.68 Å². The largest absolute Gasteiger partial charge is 0.481 e. The van der Waals surface area contributed by atoms with Crippen molar-refractivity contribution in [1.82, 2.24) is 0 Å². The summed E-state index contributed by atoms with van der Waals surface area (Å²) >= 11 is 0. The van der Waals surface area contributed by atoms with Crippen LogP contribution in [0.25, 0.3) is 0 Å². The number of nitrogens with zero attached hydrogens (tertiary/aromatic N) is 3. The van der Waals surface area contributed by atoms with E-state index in [2.05, 4.69) is 20.1 Å². The van der Waals surface area contributed by atoms with E-state index in [1.807, 2.05) is 0 Å². The summed E-state index contributed by atoms with van der Waals surface area (Å²) in [5.41, 5.74) is 4.09. The van der Waals surface area contributed by atoms with Gasteiger partial charge in [-0.25, -0.2) is 4.89 Å². The van der Waals surface area contributed by atoms with E-state index in [1.54, 1.807) is 27.7 Å². The lowest BCUT2D eigenvalue weighted by Gasteiger charge is -2.23. The van der Waals surface area contributed by atoms with Gasteiger partial charge in [0.05, 0.1) is 13.0 Å². The molecule has 0 fully saturated rings. The predicted molar refractivity (Wildman–Crippen MR) is 105 cm³/mol. The van der Waals surface area contributed by atoms with E-state index >= 15 is 0 Å². The standard InChI is InChI=1S/C14H26N6O4.4H2O/c1-13(2,10(16)7-9(15)8-24-23)19-20-14(3,4)12(17)18-6-5-11(21)22;;;;/h15-16,23H,5-8H2,1-4H3,(H2,17,18)(H,21,22);4*1H2. The quantitative estimate of drug-likeness (QED) is 0.0878. The molecular weight excluding hydrogens is 380 g/mol.